The van der Waals surface area contributed by atoms with E-state index in [0.29, 0.717) is 5.69 Å². The molecule has 1 unspecified atom stereocenters. The lowest BCUT2D eigenvalue weighted by atomic mass is 10.1. The van der Waals surface area contributed by atoms with Crippen molar-refractivity contribution in [2.24, 2.45) is 0 Å². The van der Waals surface area contributed by atoms with Gasteiger partial charge in [-0.2, -0.15) is 0 Å². The van der Waals surface area contributed by atoms with Crippen LogP contribution in [0.4, 0.5) is 5.69 Å². The number of hydrogen-bond acceptors (Lipinski definition) is 3. The van der Waals surface area contributed by atoms with E-state index in [2.05, 4.69) is 15.9 Å². The van der Waals surface area contributed by atoms with Gasteiger partial charge in [0.25, 0.3) is 0 Å². The molecular weight excluding hydrogens is 306 g/mol. The summed E-state index contributed by atoms with van der Waals surface area (Å²) in [5.41, 5.74) is 8.11. The molecule has 2 aromatic carbocycles. The smallest absolute Gasteiger partial charge is 0.123 e. The fourth-order valence-corrected chi connectivity index (χ4v) is 2.10. The van der Waals surface area contributed by atoms with Gasteiger partial charge in [0.1, 0.15) is 18.5 Å². The highest BCUT2D eigenvalue weighted by molar-refractivity contribution is 9.10. The largest absolute Gasteiger partial charge is 0.490 e. The molecule has 0 aliphatic heterocycles. The topological polar surface area (TPSA) is 55.5 Å². The average molecular weight is 322 g/mol. The lowest BCUT2D eigenvalue weighted by Crippen LogP contribution is -2.10. The molecule has 0 bridgehead atoms. The summed E-state index contributed by atoms with van der Waals surface area (Å²) in [6, 6.07) is 13.0. The van der Waals surface area contributed by atoms with E-state index in [0.717, 1.165) is 21.3 Å². The fraction of sp³-hybridized carbons (Fsp3) is 0.200. The molecule has 100 valence electrons. The molecule has 2 aromatic rings. The molecule has 0 radical (unpaired) electrons. The van der Waals surface area contributed by atoms with E-state index in [9.17, 15) is 5.11 Å². The molecular formula is C15H16BrNO2. The van der Waals surface area contributed by atoms with Crippen molar-refractivity contribution in [1.29, 1.82) is 0 Å². The van der Waals surface area contributed by atoms with Crippen LogP contribution >= 0.6 is 15.9 Å². The lowest BCUT2D eigenvalue weighted by molar-refractivity contribution is 0.108. The summed E-state index contributed by atoms with van der Waals surface area (Å²) >= 11 is 3.40. The number of benzene rings is 2. The minimum absolute atomic E-state index is 0.195. The highest BCUT2D eigenvalue weighted by Crippen LogP contribution is 2.24. The number of nitrogens with two attached hydrogens (primary N) is 1. The molecule has 0 spiro atoms. The first-order chi connectivity index (χ1) is 9.06. The Morgan fingerprint density at radius 1 is 1.26 bits per heavy atom. The molecule has 2 rings (SSSR count). The van der Waals surface area contributed by atoms with Gasteiger partial charge in [-0.05, 0) is 42.3 Å². The van der Waals surface area contributed by atoms with Crippen molar-refractivity contribution >= 4 is 21.6 Å². The molecule has 19 heavy (non-hydrogen) atoms. The highest BCUT2D eigenvalue weighted by Gasteiger charge is 2.10. The number of rotatable bonds is 4. The predicted molar refractivity (Wildman–Crippen MR) is 80.2 cm³/mol. The van der Waals surface area contributed by atoms with Crippen molar-refractivity contribution in [2.45, 2.75) is 13.0 Å². The third-order valence-electron chi connectivity index (χ3n) is 2.84. The number of ether oxygens (including phenoxy) is 1. The van der Waals surface area contributed by atoms with Crippen LogP contribution in [0.3, 0.4) is 0 Å². The number of aliphatic hydroxyl groups is 1. The highest BCUT2D eigenvalue weighted by atomic mass is 79.9. The van der Waals surface area contributed by atoms with Gasteiger partial charge in [-0.1, -0.05) is 34.1 Å². The van der Waals surface area contributed by atoms with Crippen LogP contribution in [0.2, 0.25) is 0 Å². The fourth-order valence-electron chi connectivity index (χ4n) is 1.76. The predicted octanol–water partition coefficient (Wildman–Crippen LogP) is 3.45. The zero-order chi connectivity index (χ0) is 13.8. The van der Waals surface area contributed by atoms with E-state index in [-0.39, 0.29) is 6.61 Å². The summed E-state index contributed by atoms with van der Waals surface area (Å²) < 4.78 is 6.60. The van der Waals surface area contributed by atoms with Crippen molar-refractivity contribution in [3.05, 3.63) is 58.1 Å². The number of halogens is 1. The summed E-state index contributed by atoms with van der Waals surface area (Å²) in [6.45, 7) is 2.16. The zero-order valence-electron chi connectivity index (χ0n) is 10.6. The monoisotopic (exact) mass is 321 g/mol. The number of aryl methyl sites for hydroxylation is 1. The Kier molecular flexibility index (Phi) is 4.45. The van der Waals surface area contributed by atoms with Gasteiger partial charge in [0.15, 0.2) is 0 Å². The summed E-state index contributed by atoms with van der Waals surface area (Å²) in [7, 11) is 0. The molecule has 0 heterocycles. The first kappa shape index (κ1) is 13.9. The van der Waals surface area contributed by atoms with Crippen molar-refractivity contribution in [2.75, 3.05) is 12.3 Å². The summed E-state index contributed by atoms with van der Waals surface area (Å²) in [5, 5.41) is 10.1. The quantitative estimate of drug-likeness (QED) is 0.848. The Morgan fingerprint density at radius 2 is 2.05 bits per heavy atom. The van der Waals surface area contributed by atoms with E-state index in [1.807, 2.05) is 37.3 Å². The second-order valence-electron chi connectivity index (χ2n) is 4.41. The van der Waals surface area contributed by atoms with Crippen LogP contribution in [0.5, 0.6) is 5.75 Å². The summed E-state index contributed by atoms with van der Waals surface area (Å²) in [4.78, 5) is 0. The Hall–Kier alpha value is -1.52. The summed E-state index contributed by atoms with van der Waals surface area (Å²) in [5.74, 6) is 0.761. The molecule has 0 saturated heterocycles. The number of nitrogen functional groups attached to an aromatic ring is 1. The van der Waals surface area contributed by atoms with Crippen molar-refractivity contribution in [1.82, 2.24) is 0 Å². The maximum absolute atomic E-state index is 10.1. The van der Waals surface area contributed by atoms with Crippen LogP contribution in [0, 0.1) is 6.92 Å². The molecule has 3 N–H and O–H groups in total. The molecule has 3 nitrogen and oxygen atoms in total. The molecule has 0 aromatic heterocycles. The van der Waals surface area contributed by atoms with E-state index in [1.165, 1.54) is 0 Å². The van der Waals surface area contributed by atoms with E-state index < -0.39 is 6.10 Å². The molecule has 0 saturated carbocycles. The molecule has 0 aliphatic carbocycles. The zero-order valence-corrected chi connectivity index (χ0v) is 12.2. The number of anilines is 1. The standard InChI is InChI=1S/C15H16BrNO2/c1-10-5-6-12(16)8-15(10)19-9-14(18)11-3-2-4-13(17)7-11/h2-8,14,18H,9,17H2,1H3. The maximum atomic E-state index is 10.1. The second kappa shape index (κ2) is 6.08. The minimum Gasteiger partial charge on any atom is -0.490 e. The van der Waals surface area contributed by atoms with Crippen molar-refractivity contribution < 1.29 is 9.84 Å². The van der Waals surface area contributed by atoms with Gasteiger partial charge in [0.05, 0.1) is 0 Å². The van der Waals surface area contributed by atoms with Gasteiger partial charge in [-0.25, -0.2) is 0 Å². The first-order valence-electron chi connectivity index (χ1n) is 5.98. The van der Waals surface area contributed by atoms with Crippen molar-refractivity contribution in [3.8, 4) is 5.75 Å². The van der Waals surface area contributed by atoms with E-state index >= 15 is 0 Å². The van der Waals surface area contributed by atoms with Crippen LogP contribution < -0.4 is 10.5 Å². The van der Waals surface area contributed by atoms with Gasteiger partial charge in [0.2, 0.25) is 0 Å². The number of hydrogen-bond donors (Lipinski definition) is 2. The van der Waals surface area contributed by atoms with Crippen LogP contribution in [0.25, 0.3) is 0 Å². The van der Waals surface area contributed by atoms with Gasteiger partial charge in [-0.3, -0.25) is 0 Å². The minimum atomic E-state index is -0.693. The average Bonchev–Trinajstić information content (AvgIpc) is 2.39. The molecule has 0 amide bonds. The Labute approximate surface area is 121 Å². The Balaban J connectivity index is 2.04. The van der Waals surface area contributed by atoms with Gasteiger partial charge < -0.3 is 15.6 Å². The van der Waals surface area contributed by atoms with Crippen LogP contribution in [0.15, 0.2) is 46.9 Å². The van der Waals surface area contributed by atoms with Crippen molar-refractivity contribution in [3.63, 3.8) is 0 Å². The Bertz CT molecular complexity index is 572. The lowest BCUT2D eigenvalue weighted by Gasteiger charge is -2.14. The molecule has 1 atom stereocenters. The van der Waals surface area contributed by atoms with Gasteiger partial charge in [-0.15, -0.1) is 0 Å². The number of aliphatic hydroxyl groups excluding tert-OH is 1. The molecule has 4 heteroatoms. The molecule has 0 aliphatic rings. The van der Waals surface area contributed by atoms with Crippen LogP contribution in [0.1, 0.15) is 17.2 Å². The van der Waals surface area contributed by atoms with Crippen LogP contribution in [-0.4, -0.2) is 11.7 Å². The molecule has 0 fully saturated rings. The van der Waals surface area contributed by atoms with Crippen LogP contribution in [-0.2, 0) is 0 Å². The normalized spacial score (nSPS) is 12.2. The van der Waals surface area contributed by atoms with Gasteiger partial charge >= 0.3 is 0 Å². The summed E-state index contributed by atoms with van der Waals surface area (Å²) in [6.07, 6.45) is -0.693. The van der Waals surface area contributed by atoms with E-state index in [4.69, 9.17) is 10.5 Å². The Morgan fingerprint density at radius 3 is 2.79 bits per heavy atom. The SMILES string of the molecule is Cc1ccc(Br)cc1OCC(O)c1cccc(N)c1. The third kappa shape index (κ3) is 3.72. The maximum Gasteiger partial charge on any atom is 0.123 e. The third-order valence-corrected chi connectivity index (χ3v) is 3.34. The second-order valence-corrected chi connectivity index (χ2v) is 5.32. The first-order valence-corrected chi connectivity index (χ1v) is 6.78. The van der Waals surface area contributed by atoms with Gasteiger partial charge in [0, 0.05) is 10.2 Å². The van der Waals surface area contributed by atoms with E-state index in [1.54, 1.807) is 12.1 Å².